The molecule has 0 saturated heterocycles. The molecule has 1 aromatic carbocycles. The van der Waals surface area contributed by atoms with Crippen molar-refractivity contribution in [1.29, 1.82) is 0 Å². The monoisotopic (exact) mass is 296 g/mol. The van der Waals surface area contributed by atoms with Crippen LogP contribution in [0.2, 0.25) is 5.02 Å². The van der Waals surface area contributed by atoms with Gasteiger partial charge in [-0.25, -0.2) is 0 Å². The predicted molar refractivity (Wildman–Crippen MR) is 82.2 cm³/mol. The van der Waals surface area contributed by atoms with Crippen LogP contribution in [0.15, 0.2) is 30.9 Å². The van der Waals surface area contributed by atoms with Gasteiger partial charge in [-0.15, -0.1) is 6.58 Å². The van der Waals surface area contributed by atoms with Gasteiger partial charge in [0.1, 0.15) is 5.75 Å². The van der Waals surface area contributed by atoms with Crippen molar-refractivity contribution in [3.63, 3.8) is 0 Å². The molecule has 0 saturated carbocycles. The molecule has 0 heterocycles. The Morgan fingerprint density at radius 1 is 1.50 bits per heavy atom. The number of hydrogen-bond donors (Lipinski definition) is 2. The van der Waals surface area contributed by atoms with Crippen molar-refractivity contribution < 1.29 is 9.53 Å². The Labute approximate surface area is 125 Å². The predicted octanol–water partition coefficient (Wildman–Crippen LogP) is 2.52. The second kappa shape index (κ2) is 9.39. The van der Waals surface area contributed by atoms with E-state index in [1.807, 2.05) is 12.1 Å². The zero-order chi connectivity index (χ0) is 14.8. The van der Waals surface area contributed by atoms with Crippen molar-refractivity contribution in [2.45, 2.75) is 19.9 Å². The van der Waals surface area contributed by atoms with Crippen LogP contribution in [0, 0.1) is 0 Å². The number of benzene rings is 1. The number of halogens is 1. The molecule has 4 nitrogen and oxygen atoms in total. The SMILES string of the molecule is C=CCNC(=O)COc1ccc(CNCCC)cc1Cl. The fourth-order valence-corrected chi connectivity index (χ4v) is 1.82. The van der Waals surface area contributed by atoms with Gasteiger partial charge in [-0.3, -0.25) is 4.79 Å². The topological polar surface area (TPSA) is 50.4 Å². The summed E-state index contributed by atoms with van der Waals surface area (Å²) in [5.41, 5.74) is 1.09. The molecule has 0 bridgehead atoms. The molecule has 0 fully saturated rings. The van der Waals surface area contributed by atoms with E-state index in [0.29, 0.717) is 17.3 Å². The largest absolute Gasteiger partial charge is 0.482 e. The quantitative estimate of drug-likeness (QED) is 0.544. The third-order valence-electron chi connectivity index (χ3n) is 2.55. The fourth-order valence-electron chi connectivity index (χ4n) is 1.56. The number of amides is 1. The van der Waals surface area contributed by atoms with Gasteiger partial charge in [0.2, 0.25) is 0 Å². The Balaban J connectivity index is 2.46. The third kappa shape index (κ3) is 6.08. The molecule has 110 valence electrons. The second-order valence-corrected chi connectivity index (χ2v) is 4.73. The molecule has 0 spiro atoms. The molecule has 0 aliphatic heterocycles. The maximum absolute atomic E-state index is 11.4. The molecule has 0 aliphatic rings. The van der Waals surface area contributed by atoms with Gasteiger partial charge in [0.15, 0.2) is 6.61 Å². The Hall–Kier alpha value is -1.52. The van der Waals surface area contributed by atoms with Crippen molar-refractivity contribution in [3.8, 4) is 5.75 Å². The molecule has 2 N–H and O–H groups in total. The molecule has 0 radical (unpaired) electrons. The fraction of sp³-hybridized carbons (Fsp3) is 0.400. The van der Waals surface area contributed by atoms with Crippen LogP contribution in [0.5, 0.6) is 5.75 Å². The molecule has 1 rings (SSSR count). The minimum atomic E-state index is -0.199. The van der Waals surface area contributed by atoms with Crippen molar-refractivity contribution in [1.82, 2.24) is 10.6 Å². The number of nitrogens with one attached hydrogen (secondary N) is 2. The Bertz CT molecular complexity index is 449. The Kier molecular flexibility index (Phi) is 7.77. The molecule has 1 aromatic rings. The molecule has 0 aliphatic carbocycles. The average Bonchev–Trinajstić information content (AvgIpc) is 2.44. The highest BCUT2D eigenvalue weighted by Crippen LogP contribution is 2.25. The number of hydrogen-bond acceptors (Lipinski definition) is 3. The summed E-state index contributed by atoms with van der Waals surface area (Å²) in [6.07, 6.45) is 2.71. The minimum absolute atomic E-state index is 0.0546. The van der Waals surface area contributed by atoms with E-state index in [2.05, 4.69) is 24.1 Å². The highest BCUT2D eigenvalue weighted by molar-refractivity contribution is 6.32. The van der Waals surface area contributed by atoms with Crippen LogP contribution in [-0.4, -0.2) is 25.6 Å². The lowest BCUT2D eigenvalue weighted by molar-refractivity contribution is -0.122. The van der Waals surface area contributed by atoms with Gasteiger partial charge in [-0.1, -0.05) is 30.7 Å². The summed E-state index contributed by atoms with van der Waals surface area (Å²) >= 11 is 6.13. The Morgan fingerprint density at radius 2 is 2.30 bits per heavy atom. The van der Waals surface area contributed by atoms with Gasteiger partial charge in [-0.2, -0.15) is 0 Å². The Morgan fingerprint density at radius 3 is 2.95 bits per heavy atom. The molecule has 1 amide bonds. The third-order valence-corrected chi connectivity index (χ3v) is 2.85. The van der Waals surface area contributed by atoms with E-state index >= 15 is 0 Å². The first-order chi connectivity index (χ1) is 9.67. The first-order valence-corrected chi connectivity index (χ1v) is 7.04. The molecule has 0 atom stereocenters. The van der Waals surface area contributed by atoms with Crippen LogP contribution in [0.25, 0.3) is 0 Å². The number of carbonyl (C=O) groups excluding carboxylic acids is 1. The van der Waals surface area contributed by atoms with E-state index in [4.69, 9.17) is 16.3 Å². The lowest BCUT2D eigenvalue weighted by Gasteiger charge is -2.10. The van der Waals surface area contributed by atoms with E-state index in [1.165, 1.54) is 0 Å². The van der Waals surface area contributed by atoms with Crippen molar-refractivity contribution >= 4 is 17.5 Å². The summed E-state index contributed by atoms with van der Waals surface area (Å²) < 4.78 is 5.38. The smallest absolute Gasteiger partial charge is 0.258 e. The molecule has 0 aromatic heterocycles. The van der Waals surface area contributed by atoms with Crippen LogP contribution >= 0.6 is 11.6 Å². The number of rotatable bonds is 9. The highest BCUT2D eigenvalue weighted by Gasteiger charge is 2.06. The molecule has 5 heteroatoms. The van der Waals surface area contributed by atoms with E-state index in [9.17, 15) is 4.79 Å². The summed E-state index contributed by atoms with van der Waals surface area (Å²) in [4.78, 5) is 11.4. The van der Waals surface area contributed by atoms with Gasteiger partial charge >= 0.3 is 0 Å². The van der Waals surface area contributed by atoms with Gasteiger partial charge in [-0.05, 0) is 30.7 Å². The number of carbonyl (C=O) groups is 1. The molecular weight excluding hydrogens is 276 g/mol. The van der Waals surface area contributed by atoms with Crippen LogP contribution in [-0.2, 0) is 11.3 Å². The van der Waals surface area contributed by atoms with E-state index in [1.54, 1.807) is 12.1 Å². The first-order valence-electron chi connectivity index (χ1n) is 6.67. The molecule has 0 unspecified atom stereocenters. The zero-order valence-corrected chi connectivity index (χ0v) is 12.5. The van der Waals surface area contributed by atoms with Gasteiger partial charge in [0.25, 0.3) is 5.91 Å². The van der Waals surface area contributed by atoms with Crippen molar-refractivity contribution in [3.05, 3.63) is 41.4 Å². The summed E-state index contributed by atoms with van der Waals surface area (Å²) in [5, 5.41) is 6.44. The van der Waals surface area contributed by atoms with E-state index in [-0.39, 0.29) is 12.5 Å². The van der Waals surface area contributed by atoms with E-state index < -0.39 is 0 Å². The average molecular weight is 297 g/mol. The van der Waals surface area contributed by atoms with Crippen LogP contribution < -0.4 is 15.4 Å². The van der Waals surface area contributed by atoms with Crippen LogP contribution in [0.3, 0.4) is 0 Å². The van der Waals surface area contributed by atoms with Gasteiger partial charge < -0.3 is 15.4 Å². The summed E-state index contributed by atoms with van der Waals surface area (Å²) in [5.74, 6) is 0.314. The van der Waals surface area contributed by atoms with Crippen LogP contribution in [0.4, 0.5) is 0 Å². The zero-order valence-electron chi connectivity index (χ0n) is 11.7. The maximum atomic E-state index is 11.4. The minimum Gasteiger partial charge on any atom is -0.482 e. The lowest BCUT2D eigenvalue weighted by atomic mass is 10.2. The van der Waals surface area contributed by atoms with Crippen LogP contribution in [0.1, 0.15) is 18.9 Å². The molecule has 20 heavy (non-hydrogen) atoms. The van der Waals surface area contributed by atoms with Gasteiger partial charge in [0.05, 0.1) is 5.02 Å². The van der Waals surface area contributed by atoms with Gasteiger partial charge in [0, 0.05) is 13.1 Å². The summed E-state index contributed by atoms with van der Waals surface area (Å²) in [6, 6.07) is 5.57. The second-order valence-electron chi connectivity index (χ2n) is 4.32. The summed E-state index contributed by atoms with van der Waals surface area (Å²) in [6.45, 7) is 7.76. The van der Waals surface area contributed by atoms with Crippen molar-refractivity contribution in [2.75, 3.05) is 19.7 Å². The standard InChI is InChI=1S/C15H21ClN2O2/c1-3-7-17-10-12-5-6-14(13(16)9-12)20-11-15(19)18-8-4-2/h4-6,9,17H,2-3,7-8,10-11H2,1H3,(H,18,19). The molecular formula is C15H21ClN2O2. The normalized spacial score (nSPS) is 10.1. The van der Waals surface area contributed by atoms with Crippen molar-refractivity contribution in [2.24, 2.45) is 0 Å². The summed E-state index contributed by atoms with van der Waals surface area (Å²) in [7, 11) is 0. The maximum Gasteiger partial charge on any atom is 0.258 e. The van der Waals surface area contributed by atoms with E-state index in [0.717, 1.165) is 25.1 Å². The lowest BCUT2D eigenvalue weighted by Crippen LogP contribution is -2.28. The number of ether oxygens (including phenoxy) is 1. The highest BCUT2D eigenvalue weighted by atomic mass is 35.5. The first kappa shape index (κ1) is 16.5.